The van der Waals surface area contributed by atoms with Crippen molar-refractivity contribution in [2.45, 2.75) is 19.4 Å². The van der Waals surface area contributed by atoms with E-state index in [1.165, 1.54) is 10.2 Å². The number of rotatable bonds is 7. The molecule has 0 fully saturated rings. The van der Waals surface area contributed by atoms with Gasteiger partial charge in [-0.15, -0.1) is 5.10 Å². The third-order valence-corrected chi connectivity index (χ3v) is 6.62. The summed E-state index contributed by atoms with van der Waals surface area (Å²) in [5.74, 6) is -0.290. The molecule has 1 amide bonds. The van der Waals surface area contributed by atoms with Crippen LogP contribution in [0.3, 0.4) is 0 Å². The normalized spacial score (nSPS) is 13.0. The molecule has 11 nitrogen and oxygen atoms in total. The van der Waals surface area contributed by atoms with Crippen molar-refractivity contribution in [3.8, 4) is 16.9 Å². The number of carbonyl (C=O) groups excluding carboxylic acids is 1. The molecule has 0 unspecified atom stereocenters. The first-order valence-electron chi connectivity index (χ1n) is 12.5. The van der Waals surface area contributed by atoms with Crippen LogP contribution in [0.1, 0.15) is 33.7 Å². The van der Waals surface area contributed by atoms with Crippen LogP contribution in [0.25, 0.3) is 16.9 Å². The van der Waals surface area contributed by atoms with E-state index in [-0.39, 0.29) is 17.3 Å². The van der Waals surface area contributed by atoms with Crippen LogP contribution >= 0.6 is 0 Å². The van der Waals surface area contributed by atoms with Gasteiger partial charge in [-0.25, -0.2) is 10.1 Å². The molecular formula is C28H25N9O2. The number of anilines is 2. The van der Waals surface area contributed by atoms with Crippen molar-refractivity contribution in [2.75, 3.05) is 17.2 Å². The summed E-state index contributed by atoms with van der Waals surface area (Å²) in [5, 5.41) is 19.9. The monoisotopic (exact) mass is 519 g/mol. The Labute approximate surface area is 223 Å². The molecule has 0 radical (unpaired) electrons. The summed E-state index contributed by atoms with van der Waals surface area (Å²) in [6, 6.07) is 26.2. The zero-order valence-electron chi connectivity index (χ0n) is 20.9. The van der Waals surface area contributed by atoms with Gasteiger partial charge >= 0.3 is 0 Å². The predicted molar refractivity (Wildman–Crippen MR) is 146 cm³/mol. The SMILES string of the molecule is Nc1nonc1-n1nnc(C(=O)NN=Cc2ccc(-c3ccccc3)cc2)c1CN1CCCc2ccccc21. The minimum Gasteiger partial charge on any atom is -0.378 e. The first-order chi connectivity index (χ1) is 19.2. The molecular weight excluding hydrogens is 494 g/mol. The fourth-order valence-corrected chi connectivity index (χ4v) is 4.69. The van der Waals surface area contributed by atoms with E-state index in [4.69, 9.17) is 10.4 Å². The first-order valence-corrected chi connectivity index (χ1v) is 12.5. The fourth-order valence-electron chi connectivity index (χ4n) is 4.69. The van der Waals surface area contributed by atoms with Gasteiger partial charge in [0.1, 0.15) is 0 Å². The van der Waals surface area contributed by atoms with Crippen molar-refractivity contribution in [1.82, 2.24) is 30.7 Å². The van der Waals surface area contributed by atoms with Gasteiger partial charge in [-0.1, -0.05) is 78.0 Å². The van der Waals surface area contributed by atoms with Gasteiger partial charge < -0.3 is 10.6 Å². The number of carbonyl (C=O) groups is 1. The summed E-state index contributed by atoms with van der Waals surface area (Å²) in [4.78, 5) is 15.4. The molecule has 11 heteroatoms. The minimum atomic E-state index is -0.506. The van der Waals surface area contributed by atoms with Crippen LogP contribution in [-0.2, 0) is 13.0 Å². The van der Waals surface area contributed by atoms with Crippen molar-refractivity contribution in [1.29, 1.82) is 0 Å². The summed E-state index contributed by atoms with van der Waals surface area (Å²) in [6.45, 7) is 1.16. The second-order valence-corrected chi connectivity index (χ2v) is 9.11. The van der Waals surface area contributed by atoms with Gasteiger partial charge in [0, 0.05) is 12.2 Å². The number of hydrogen-bond donors (Lipinski definition) is 2. The Morgan fingerprint density at radius 2 is 1.77 bits per heavy atom. The minimum absolute atomic E-state index is 0.0455. The highest BCUT2D eigenvalue weighted by atomic mass is 16.6. The number of nitrogen functional groups attached to an aromatic ring is 1. The molecule has 6 rings (SSSR count). The predicted octanol–water partition coefficient (Wildman–Crippen LogP) is 3.62. The molecule has 0 saturated heterocycles. The number of nitrogens with zero attached hydrogens (tertiary/aromatic N) is 7. The molecule has 0 atom stereocenters. The Bertz CT molecular complexity index is 1620. The van der Waals surface area contributed by atoms with E-state index in [0.717, 1.165) is 41.8 Å². The molecule has 1 aliphatic rings. The maximum atomic E-state index is 13.2. The standard InChI is InChI=1S/C28H25N9O2/c29-26-27(34-39-33-26)37-24(18-36-16-6-10-22-9-4-5-11-23(22)36)25(31-35-37)28(38)32-30-17-19-12-14-21(15-13-19)20-7-2-1-3-8-20/h1-5,7-9,11-15,17H,6,10,16,18H2,(H2,29,33)(H,32,38). The lowest BCUT2D eigenvalue weighted by Crippen LogP contribution is -2.31. The summed E-state index contributed by atoms with van der Waals surface area (Å²) < 4.78 is 6.16. The van der Waals surface area contributed by atoms with Crippen molar-refractivity contribution < 1.29 is 9.42 Å². The van der Waals surface area contributed by atoms with E-state index in [9.17, 15) is 4.79 Å². The number of fused-ring (bicyclic) bond motifs is 1. The van der Waals surface area contributed by atoms with Crippen LogP contribution in [0.2, 0.25) is 0 Å². The molecule has 3 heterocycles. The van der Waals surface area contributed by atoms with Crippen LogP contribution in [0.4, 0.5) is 11.5 Å². The number of nitrogens with one attached hydrogen (secondary N) is 1. The summed E-state index contributed by atoms with van der Waals surface area (Å²) in [7, 11) is 0. The highest BCUT2D eigenvalue weighted by molar-refractivity contribution is 5.94. The average Bonchev–Trinajstić information content (AvgIpc) is 3.59. The summed E-state index contributed by atoms with van der Waals surface area (Å²) in [6.07, 6.45) is 3.57. The maximum Gasteiger partial charge on any atom is 0.293 e. The first kappa shape index (κ1) is 24.0. The molecule has 0 aliphatic carbocycles. The Kier molecular flexibility index (Phi) is 6.52. The van der Waals surface area contributed by atoms with E-state index in [1.807, 2.05) is 54.6 Å². The Morgan fingerprint density at radius 3 is 2.56 bits per heavy atom. The number of benzene rings is 3. The molecule has 3 aromatic carbocycles. The van der Waals surface area contributed by atoms with E-state index in [2.05, 4.69) is 60.3 Å². The van der Waals surface area contributed by atoms with Gasteiger partial charge in [0.2, 0.25) is 11.6 Å². The Balaban J connectivity index is 1.23. The van der Waals surface area contributed by atoms with Gasteiger partial charge in [-0.05, 0) is 51.5 Å². The Hall–Kier alpha value is -5.32. The molecule has 3 N–H and O–H groups in total. The maximum absolute atomic E-state index is 13.2. The highest BCUT2D eigenvalue weighted by Gasteiger charge is 2.27. The number of amides is 1. The van der Waals surface area contributed by atoms with Crippen LogP contribution in [-0.4, -0.2) is 44.0 Å². The smallest absolute Gasteiger partial charge is 0.293 e. The molecule has 39 heavy (non-hydrogen) atoms. The largest absolute Gasteiger partial charge is 0.378 e. The van der Waals surface area contributed by atoms with Gasteiger partial charge in [0.25, 0.3) is 5.91 Å². The fraction of sp³-hybridized carbons (Fsp3) is 0.143. The van der Waals surface area contributed by atoms with Gasteiger partial charge in [-0.3, -0.25) is 4.79 Å². The summed E-state index contributed by atoms with van der Waals surface area (Å²) in [5.41, 5.74) is 14.5. The number of hydrazone groups is 1. The van der Waals surface area contributed by atoms with Crippen LogP contribution in [0.15, 0.2) is 88.6 Å². The van der Waals surface area contributed by atoms with E-state index in [1.54, 1.807) is 6.21 Å². The van der Waals surface area contributed by atoms with Gasteiger partial charge in [0.05, 0.1) is 18.5 Å². The second-order valence-electron chi connectivity index (χ2n) is 9.11. The topological polar surface area (TPSA) is 140 Å². The quantitative estimate of drug-likeness (QED) is 0.245. The molecule has 0 bridgehead atoms. The number of aromatic nitrogens is 5. The van der Waals surface area contributed by atoms with Crippen molar-refractivity contribution in [3.05, 3.63) is 101 Å². The van der Waals surface area contributed by atoms with Crippen LogP contribution in [0, 0.1) is 0 Å². The molecule has 2 aromatic heterocycles. The van der Waals surface area contributed by atoms with Crippen molar-refractivity contribution in [3.63, 3.8) is 0 Å². The zero-order chi connectivity index (χ0) is 26.6. The van der Waals surface area contributed by atoms with Gasteiger partial charge in [0.15, 0.2) is 5.69 Å². The third-order valence-electron chi connectivity index (χ3n) is 6.62. The summed E-state index contributed by atoms with van der Waals surface area (Å²) >= 11 is 0. The third kappa shape index (κ3) is 4.97. The van der Waals surface area contributed by atoms with Crippen molar-refractivity contribution >= 4 is 23.6 Å². The lowest BCUT2D eigenvalue weighted by molar-refractivity contribution is 0.0949. The molecule has 0 saturated carbocycles. The molecule has 0 spiro atoms. The van der Waals surface area contributed by atoms with Crippen LogP contribution in [0.5, 0.6) is 0 Å². The average molecular weight is 520 g/mol. The molecule has 5 aromatic rings. The number of nitrogens with two attached hydrogens (primary N) is 1. The molecule has 194 valence electrons. The van der Waals surface area contributed by atoms with Crippen molar-refractivity contribution in [2.24, 2.45) is 5.10 Å². The van der Waals surface area contributed by atoms with E-state index >= 15 is 0 Å². The number of aryl methyl sites for hydroxylation is 1. The van der Waals surface area contributed by atoms with Gasteiger partial charge in [-0.2, -0.15) is 9.78 Å². The number of hydrogen-bond acceptors (Lipinski definition) is 9. The zero-order valence-corrected chi connectivity index (χ0v) is 20.9. The lowest BCUT2D eigenvalue weighted by atomic mass is 10.0. The molecule has 1 aliphatic heterocycles. The second kappa shape index (κ2) is 10.6. The highest BCUT2D eigenvalue weighted by Crippen LogP contribution is 2.29. The lowest BCUT2D eigenvalue weighted by Gasteiger charge is -2.31. The van der Waals surface area contributed by atoms with E-state index in [0.29, 0.717) is 12.2 Å². The van der Waals surface area contributed by atoms with E-state index < -0.39 is 5.91 Å². The van der Waals surface area contributed by atoms with Crippen LogP contribution < -0.4 is 16.1 Å². The number of para-hydroxylation sites is 1. The Morgan fingerprint density at radius 1 is 1.00 bits per heavy atom.